The third kappa shape index (κ3) is 3.71. The van der Waals surface area contributed by atoms with Gasteiger partial charge < -0.3 is 14.5 Å². The molecule has 0 atom stereocenters. The molecule has 23 heavy (non-hydrogen) atoms. The molecule has 0 fully saturated rings. The maximum Gasteiger partial charge on any atom is 0.247 e. The predicted octanol–water partition coefficient (Wildman–Crippen LogP) is 4.43. The molecule has 0 aliphatic rings. The Morgan fingerprint density at radius 1 is 1.17 bits per heavy atom. The first-order chi connectivity index (χ1) is 11.2. The number of hydrogen-bond acceptors (Lipinski definition) is 5. The van der Waals surface area contributed by atoms with Crippen LogP contribution in [0.2, 0.25) is 0 Å². The quantitative estimate of drug-likeness (QED) is 0.716. The molecule has 0 aliphatic carbocycles. The predicted molar refractivity (Wildman–Crippen MR) is 92.5 cm³/mol. The number of rotatable bonds is 5. The third-order valence-corrected chi connectivity index (χ3v) is 3.99. The van der Waals surface area contributed by atoms with Gasteiger partial charge in [-0.05, 0) is 58.7 Å². The summed E-state index contributed by atoms with van der Waals surface area (Å²) in [5.74, 6) is 1.75. The number of ether oxygens (including phenoxy) is 1. The van der Waals surface area contributed by atoms with Gasteiger partial charge >= 0.3 is 0 Å². The molecule has 1 aromatic heterocycles. The van der Waals surface area contributed by atoms with E-state index in [1.807, 2.05) is 43.3 Å². The Morgan fingerprint density at radius 3 is 2.83 bits per heavy atom. The van der Waals surface area contributed by atoms with Crippen molar-refractivity contribution in [1.82, 2.24) is 10.2 Å². The van der Waals surface area contributed by atoms with E-state index in [9.17, 15) is 0 Å². The molecule has 3 aromatic rings. The van der Waals surface area contributed by atoms with Crippen LogP contribution in [-0.4, -0.2) is 17.3 Å². The lowest BCUT2D eigenvalue weighted by Crippen LogP contribution is -2.00. The number of nitrogens with one attached hydrogen (secondary N) is 1. The lowest BCUT2D eigenvalue weighted by molar-refractivity contribution is 0.414. The van der Waals surface area contributed by atoms with Gasteiger partial charge in [-0.15, -0.1) is 10.2 Å². The number of methoxy groups -OCH3 is 1. The summed E-state index contributed by atoms with van der Waals surface area (Å²) in [5.41, 5.74) is 3.01. The average molecular weight is 374 g/mol. The molecule has 0 unspecified atom stereocenters. The Hall–Kier alpha value is -2.34. The van der Waals surface area contributed by atoms with Crippen LogP contribution in [0.15, 0.2) is 51.4 Å². The number of benzene rings is 2. The molecule has 118 valence electrons. The Balaban J connectivity index is 1.72. The van der Waals surface area contributed by atoms with Crippen LogP contribution in [0.3, 0.4) is 0 Å². The Labute approximate surface area is 142 Å². The Morgan fingerprint density at radius 2 is 2.04 bits per heavy atom. The molecule has 0 saturated heterocycles. The van der Waals surface area contributed by atoms with Crippen molar-refractivity contribution < 1.29 is 9.15 Å². The molecule has 2 aromatic carbocycles. The third-order valence-electron chi connectivity index (χ3n) is 3.34. The summed E-state index contributed by atoms with van der Waals surface area (Å²) in [4.78, 5) is 0. The fraction of sp³-hybridized carbons (Fsp3) is 0.176. The van der Waals surface area contributed by atoms with Gasteiger partial charge in [0.15, 0.2) is 0 Å². The van der Waals surface area contributed by atoms with Crippen LogP contribution < -0.4 is 10.1 Å². The van der Waals surface area contributed by atoms with Crippen molar-refractivity contribution >= 4 is 21.6 Å². The molecule has 0 spiro atoms. The molecule has 0 amide bonds. The molecule has 0 bridgehead atoms. The Bertz CT molecular complexity index is 817. The molecule has 0 saturated carbocycles. The minimum Gasteiger partial charge on any atom is -0.497 e. The standard InChI is InChI=1S/C17H16BrN3O2/c1-11-6-7-15(14(18)8-11)19-10-16-20-21-17(23-16)12-4-3-5-13(9-12)22-2/h3-9,19H,10H2,1-2H3. The normalized spacial score (nSPS) is 10.6. The highest BCUT2D eigenvalue weighted by Gasteiger charge is 2.10. The maximum atomic E-state index is 5.70. The van der Waals surface area contributed by atoms with Crippen LogP contribution in [0.4, 0.5) is 5.69 Å². The van der Waals surface area contributed by atoms with E-state index in [0.29, 0.717) is 18.3 Å². The van der Waals surface area contributed by atoms with Crippen LogP contribution in [0.5, 0.6) is 5.75 Å². The van der Waals surface area contributed by atoms with Crippen LogP contribution >= 0.6 is 15.9 Å². The van der Waals surface area contributed by atoms with Crippen LogP contribution in [0.25, 0.3) is 11.5 Å². The summed E-state index contributed by atoms with van der Waals surface area (Å²) in [6.45, 7) is 2.51. The van der Waals surface area contributed by atoms with Crippen LogP contribution in [0.1, 0.15) is 11.5 Å². The molecule has 6 heteroatoms. The molecular weight excluding hydrogens is 358 g/mol. The molecule has 1 N–H and O–H groups in total. The molecule has 3 rings (SSSR count). The second-order valence-corrected chi connectivity index (χ2v) is 5.92. The first-order valence-electron chi connectivity index (χ1n) is 7.12. The first kappa shape index (κ1) is 15.6. The van der Waals surface area contributed by atoms with Crippen molar-refractivity contribution in [2.24, 2.45) is 0 Å². The second kappa shape index (κ2) is 6.83. The van der Waals surface area contributed by atoms with E-state index in [1.54, 1.807) is 7.11 Å². The van der Waals surface area contributed by atoms with Crippen molar-refractivity contribution in [2.45, 2.75) is 13.5 Å². The topological polar surface area (TPSA) is 60.2 Å². The zero-order valence-electron chi connectivity index (χ0n) is 12.8. The van der Waals surface area contributed by atoms with Crippen molar-refractivity contribution in [1.29, 1.82) is 0 Å². The van der Waals surface area contributed by atoms with Crippen LogP contribution in [0, 0.1) is 6.92 Å². The van der Waals surface area contributed by atoms with Gasteiger partial charge in [0, 0.05) is 15.7 Å². The van der Waals surface area contributed by atoms with Gasteiger partial charge in [-0.25, -0.2) is 0 Å². The van der Waals surface area contributed by atoms with E-state index in [-0.39, 0.29) is 0 Å². The fourth-order valence-corrected chi connectivity index (χ4v) is 2.77. The summed E-state index contributed by atoms with van der Waals surface area (Å²) in [6, 6.07) is 13.6. The highest BCUT2D eigenvalue weighted by molar-refractivity contribution is 9.10. The minimum absolute atomic E-state index is 0.457. The van der Waals surface area contributed by atoms with Gasteiger partial charge in [-0.1, -0.05) is 12.1 Å². The SMILES string of the molecule is COc1cccc(-c2nnc(CNc3ccc(C)cc3Br)o2)c1. The van der Waals surface area contributed by atoms with Gasteiger partial charge in [-0.3, -0.25) is 0 Å². The van der Waals surface area contributed by atoms with Gasteiger partial charge in [0.1, 0.15) is 5.75 Å². The summed E-state index contributed by atoms with van der Waals surface area (Å²) in [5, 5.41) is 11.4. The van der Waals surface area contributed by atoms with Gasteiger partial charge in [-0.2, -0.15) is 0 Å². The van der Waals surface area contributed by atoms with E-state index in [1.165, 1.54) is 5.56 Å². The van der Waals surface area contributed by atoms with Gasteiger partial charge in [0.05, 0.1) is 13.7 Å². The fourth-order valence-electron chi connectivity index (χ4n) is 2.13. The number of nitrogens with zero attached hydrogens (tertiary/aromatic N) is 2. The smallest absolute Gasteiger partial charge is 0.247 e. The van der Waals surface area contributed by atoms with E-state index in [2.05, 4.69) is 37.5 Å². The summed E-state index contributed by atoms with van der Waals surface area (Å²) >= 11 is 3.54. The van der Waals surface area contributed by atoms with E-state index < -0.39 is 0 Å². The number of hydrogen-bond donors (Lipinski definition) is 1. The van der Waals surface area contributed by atoms with Crippen molar-refractivity contribution in [2.75, 3.05) is 12.4 Å². The van der Waals surface area contributed by atoms with Crippen molar-refractivity contribution in [3.8, 4) is 17.2 Å². The molecular formula is C17H16BrN3O2. The largest absolute Gasteiger partial charge is 0.497 e. The van der Waals surface area contributed by atoms with Gasteiger partial charge in [0.25, 0.3) is 0 Å². The number of aryl methyl sites for hydroxylation is 1. The zero-order chi connectivity index (χ0) is 16.2. The van der Waals surface area contributed by atoms with Crippen molar-refractivity contribution in [3.63, 3.8) is 0 Å². The lowest BCUT2D eigenvalue weighted by atomic mass is 10.2. The van der Waals surface area contributed by atoms with Gasteiger partial charge in [0.2, 0.25) is 11.8 Å². The summed E-state index contributed by atoms with van der Waals surface area (Å²) in [7, 11) is 1.63. The van der Waals surface area contributed by atoms with E-state index >= 15 is 0 Å². The second-order valence-electron chi connectivity index (χ2n) is 5.07. The summed E-state index contributed by atoms with van der Waals surface area (Å²) < 4.78 is 11.9. The zero-order valence-corrected chi connectivity index (χ0v) is 14.4. The molecule has 5 nitrogen and oxygen atoms in total. The first-order valence-corrected chi connectivity index (χ1v) is 7.92. The monoisotopic (exact) mass is 373 g/mol. The molecule has 0 radical (unpaired) electrons. The van der Waals surface area contributed by atoms with Crippen LogP contribution in [-0.2, 0) is 6.54 Å². The Kier molecular flexibility index (Phi) is 4.62. The van der Waals surface area contributed by atoms with E-state index in [0.717, 1.165) is 21.5 Å². The molecule has 0 aliphatic heterocycles. The number of aromatic nitrogens is 2. The highest BCUT2D eigenvalue weighted by Crippen LogP contribution is 2.25. The van der Waals surface area contributed by atoms with Crippen molar-refractivity contribution in [3.05, 3.63) is 58.4 Å². The lowest BCUT2D eigenvalue weighted by Gasteiger charge is -2.06. The maximum absolute atomic E-state index is 5.70. The highest BCUT2D eigenvalue weighted by atomic mass is 79.9. The minimum atomic E-state index is 0.457. The average Bonchev–Trinajstić information content (AvgIpc) is 3.03. The molecule has 1 heterocycles. The number of anilines is 1. The summed E-state index contributed by atoms with van der Waals surface area (Å²) in [6.07, 6.45) is 0. The van der Waals surface area contributed by atoms with E-state index in [4.69, 9.17) is 9.15 Å². The number of halogens is 1.